The molecule has 24 rings (SSSR count). The Balaban J connectivity index is 0.000000103. The van der Waals surface area contributed by atoms with E-state index in [4.69, 9.17) is 18.8 Å². The highest BCUT2D eigenvalue weighted by Gasteiger charge is 2.60. The number of rotatable bonds is 5. The minimum absolute atomic E-state index is 0.00471. The van der Waals surface area contributed by atoms with Crippen molar-refractivity contribution in [2.75, 3.05) is 67.9 Å². The number of carbonyl (C=O) groups excluding carboxylic acids is 5. The molecule has 664 valence electrons. The molecule has 7 atom stereocenters. The smallest absolute Gasteiger partial charge is 0.416 e. The van der Waals surface area contributed by atoms with Gasteiger partial charge in [-0.15, -0.1) is 11.3 Å². The third kappa shape index (κ3) is 14.0. The van der Waals surface area contributed by atoms with Gasteiger partial charge in [-0.1, -0.05) is 24.3 Å². The largest absolute Gasteiger partial charge is 0.464 e. The van der Waals surface area contributed by atoms with Crippen LogP contribution in [0.3, 0.4) is 0 Å². The number of Topliss-reactive ketones (excluding diaryl/α,β-unsaturated/α-hetero) is 5. The van der Waals surface area contributed by atoms with Crippen LogP contribution in [0.4, 0.5) is 70.2 Å². The Hall–Kier alpha value is -14.0. The summed E-state index contributed by atoms with van der Waals surface area (Å²) < 4.78 is 53.6. The standard InChI is InChI=1S/C23H23N3O2.C21H15F3N2O3.C21H19N3O3.C20H17N3O2S.C15H16N4O2/c1-13-8-19-20(9-14(13)2)25-22-23(28,21(19)27)6-7-26(22)18-5-4-16-12-24-15(3)10-17(16)11-18;1-11-8-14-16(10-15(11)21(22,23)24)25-19-20(28,18(14)27)5-6-26(19)13-3-2-12-4-7-29-17(12)9-13;1-11-8-15-16(9-12(11)2)23-20-21(26,19(15)25)6-7-24(20)14-4-5-18-17(10-14)22-13(3)27-18;1-11-7-14-16(8-12(11)2)22-19-20(25,18(14)24)5-6-23(19)13-3-4-15-17(9-13)26-10-21-15;1-18-13-11(9-16-18)12(20)15(21)7-8-19(14(15)17-13)10-5-3-2-4-6-10/h4-5,8-12,22,25,28H,6-7H2,1-3H3;2-4,7-10,28H,5-6H2,1H3;4-5,8-10,26H,6-7H2,1-3H3;3-4,7-10,25H,5-6H2,1-2H3;2-6,9,14,17,21H,7-8H2,1H3/t22?,23-;20-;21-;20-;14?,15-/m11111/s1. The zero-order valence-electron chi connectivity index (χ0n) is 73.1. The molecule has 14 aromatic rings. The molecule has 9 aromatic carbocycles. The van der Waals surface area contributed by atoms with Gasteiger partial charge in [0.05, 0.1) is 56.4 Å². The van der Waals surface area contributed by atoms with Gasteiger partial charge in [0, 0.05) is 164 Å². The van der Waals surface area contributed by atoms with Crippen molar-refractivity contribution in [3.05, 3.63) is 272 Å². The molecule has 27 nitrogen and oxygen atoms in total. The van der Waals surface area contributed by atoms with Crippen LogP contribution >= 0.6 is 11.3 Å². The number of ketones is 5. The average molecular weight is 1780 g/mol. The van der Waals surface area contributed by atoms with Gasteiger partial charge in [0.25, 0.3) is 0 Å². The van der Waals surface area contributed by atoms with Gasteiger partial charge in [0.2, 0.25) is 28.9 Å². The van der Waals surface area contributed by atoms with E-state index in [2.05, 4.69) is 52.7 Å². The maximum absolute atomic E-state index is 13.3. The molecule has 7 N–H and O–H groups in total. The summed E-state index contributed by atoms with van der Waals surface area (Å²) in [5.74, 6) is 0.556. The minimum atomic E-state index is -4.56. The van der Waals surface area contributed by atoms with Gasteiger partial charge in [-0.25, -0.2) is 24.9 Å². The fraction of sp³-hybridized carbons (Fsp3) is 0.280. The number of furan rings is 1. The molecule has 5 saturated heterocycles. The van der Waals surface area contributed by atoms with E-state index in [0.29, 0.717) is 132 Å². The number of carbonyl (C=O) groups is 5. The van der Waals surface area contributed by atoms with E-state index in [1.54, 1.807) is 59.4 Å². The number of fused-ring (bicyclic) bond motifs is 14. The van der Waals surface area contributed by atoms with E-state index in [1.807, 2.05) is 196 Å². The van der Waals surface area contributed by atoms with E-state index < -0.39 is 57.9 Å². The molecule has 2 unspecified atom stereocenters. The lowest BCUT2D eigenvalue weighted by Gasteiger charge is -2.40. The number of aryl methyl sites for hydroxylation is 10. The quantitative estimate of drug-likeness (QED) is 0.0841. The number of aliphatic imine (C=N–C) groups is 3. The number of halogens is 3. The van der Waals surface area contributed by atoms with Crippen molar-refractivity contribution in [1.82, 2.24) is 24.7 Å². The summed E-state index contributed by atoms with van der Waals surface area (Å²) in [6.07, 6.45) is 1.01. The van der Waals surface area contributed by atoms with Gasteiger partial charge in [0.1, 0.15) is 46.8 Å². The van der Waals surface area contributed by atoms with Crippen LogP contribution in [-0.4, -0.2) is 170 Å². The molecule has 0 bridgehead atoms. The molecule has 31 heteroatoms. The van der Waals surface area contributed by atoms with Crippen LogP contribution in [0, 0.1) is 62.3 Å². The Morgan fingerprint density at radius 2 is 0.954 bits per heavy atom. The van der Waals surface area contributed by atoms with Crippen molar-refractivity contribution in [3.8, 4) is 0 Å². The number of anilines is 7. The highest BCUT2D eigenvalue weighted by atomic mass is 32.1. The summed E-state index contributed by atoms with van der Waals surface area (Å²) in [5, 5.41) is 69.5. The number of amidine groups is 3. The second-order valence-corrected chi connectivity index (χ2v) is 36.3. The highest BCUT2D eigenvalue weighted by molar-refractivity contribution is 7.16. The first-order chi connectivity index (χ1) is 62.5. The van der Waals surface area contributed by atoms with Crippen LogP contribution in [0.15, 0.2) is 212 Å². The van der Waals surface area contributed by atoms with Gasteiger partial charge in [-0.3, -0.25) is 33.6 Å². The lowest BCUT2D eigenvalue weighted by molar-refractivity contribution is -0.138. The van der Waals surface area contributed by atoms with Crippen molar-refractivity contribution >= 4 is 158 Å². The number of benzene rings is 9. The number of para-hydroxylation sites is 1. The Morgan fingerprint density at radius 1 is 0.443 bits per heavy atom. The first-order valence-electron chi connectivity index (χ1n) is 43.2. The van der Waals surface area contributed by atoms with Gasteiger partial charge in [-0.05, 0) is 233 Å². The molecular formula is C100H90F3N15O12S. The summed E-state index contributed by atoms with van der Waals surface area (Å²) in [4.78, 5) is 101. The summed E-state index contributed by atoms with van der Waals surface area (Å²) >= 11 is 1.57. The number of aromatic nitrogens is 5. The molecule has 0 spiro atoms. The van der Waals surface area contributed by atoms with E-state index in [0.717, 1.165) is 112 Å². The Kier molecular flexibility index (Phi) is 20.3. The first kappa shape index (κ1) is 85.2. The molecule has 10 aliphatic heterocycles. The van der Waals surface area contributed by atoms with E-state index >= 15 is 0 Å². The summed E-state index contributed by atoms with van der Waals surface area (Å²) in [6.45, 7) is 19.6. The Bertz CT molecular complexity index is 7320. The number of thiazole rings is 1. The molecule has 0 aliphatic carbocycles. The van der Waals surface area contributed by atoms with Crippen molar-refractivity contribution in [2.45, 2.75) is 141 Å². The predicted molar refractivity (Wildman–Crippen MR) is 497 cm³/mol. The summed E-state index contributed by atoms with van der Waals surface area (Å²) in [5.41, 5.74) is 11.9. The van der Waals surface area contributed by atoms with Crippen LogP contribution in [-0.2, 0) is 13.2 Å². The molecule has 0 saturated carbocycles. The maximum Gasteiger partial charge on any atom is 0.416 e. The molecular weight excluding hydrogens is 1690 g/mol. The van der Waals surface area contributed by atoms with Crippen LogP contribution in [0.5, 0.6) is 0 Å². The number of hydrogen-bond acceptors (Lipinski definition) is 27. The second-order valence-electron chi connectivity index (χ2n) is 35.4. The monoisotopic (exact) mass is 1780 g/mol. The third-order valence-corrected chi connectivity index (χ3v) is 28.0. The zero-order valence-corrected chi connectivity index (χ0v) is 73.9. The molecule has 5 aromatic heterocycles. The van der Waals surface area contributed by atoms with Crippen LogP contribution in [0.2, 0.25) is 0 Å². The zero-order chi connectivity index (χ0) is 91.8. The SMILES string of the molecule is Cc1cc2c(cc1C(F)(F)F)N=C1N(c3ccc4ccoc4c3)CC[C@@]1(O)C2=O.Cc1cc2c(cc1C)C(=O)[C@]1(O)CCN(c3ccc4ncsc4c3)C1=N2.Cc1cc2cc(N3CC[C@@]4(O)C(=O)c5cc(C)c(C)cc5NC34)ccc2cn1.Cc1nc2cc(N3CC[C@@]4(O)C(=O)c5cc(C)c(C)cc5N=C34)ccc2o1.Cn1ncc2c1NC1N(c3ccccc3)CC[C@@]1(O)C2=O. The van der Waals surface area contributed by atoms with E-state index in [9.17, 15) is 62.7 Å². The van der Waals surface area contributed by atoms with Crippen LogP contribution < -0.4 is 35.1 Å². The number of alkyl halides is 3. The maximum atomic E-state index is 13.3. The van der Waals surface area contributed by atoms with E-state index in [1.165, 1.54) is 13.1 Å². The van der Waals surface area contributed by atoms with Crippen LogP contribution in [0.25, 0.3) is 43.1 Å². The number of oxazole rings is 1. The minimum Gasteiger partial charge on any atom is -0.464 e. The fourth-order valence-electron chi connectivity index (χ4n) is 19.5. The van der Waals surface area contributed by atoms with Gasteiger partial charge >= 0.3 is 6.18 Å². The molecule has 0 amide bonds. The molecule has 5 fully saturated rings. The number of pyridine rings is 1. The molecule has 10 aliphatic rings. The molecule has 131 heavy (non-hydrogen) atoms. The fourth-order valence-corrected chi connectivity index (χ4v) is 20.2. The number of nitrogens with one attached hydrogen (secondary N) is 2. The summed E-state index contributed by atoms with van der Waals surface area (Å²) in [7, 11) is 1.78. The number of nitrogens with zero attached hydrogens (tertiary/aromatic N) is 13. The van der Waals surface area contributed by atoms with Gasteiger partial charge in [0.15, 0.2) is 39.5 Å². The van der Waals surface area contributed by atoms with Crippen molar-refractivity contribution in [1.29, 1.82) is 0 Å². The van der Waals surface area contributed by atoms with E-state index in [-0.39, 0.29) is 52.2 Å². The first-order valence-corrected chi connectivity index (χ1v) is 44.1. The molecule has 15 heterocycles. The van der Waals surface area contributed by atoms with Crippen molar-refractivity contribution < 1.29 is 71.5 Å². The lowest BCUT2D eigenvalue weighted by Crippen LogP contribution is -2.57. The van der Waals surface area contributed by atoms with Crippen molar-refractivity contribution in [2.24, 2.45) is 22.0 Å². The number of hydrogen-bond donors (Lipinski definition) is 7. The number of aliphatic hydroxyl groups is 5. The van der Waals surface area contributed by atoms with Crippen LogP contribution in [0.1, 0.15) is 140 Å². The topological polar surface area (TPSA) is 347 Å². The van der Waals surface area contributed by atoms with Gasteiger partial charge < -0.3 is 69.5 Å². The van der Waals surface area contributed by atoms with Gasteiger partial charge in [-0.2, -0.15) is 18.3 Å². The summed E-state index contributed by atoms with van der Waals surface area (Å²) in [6, 6.07) is 50.3. The highest BCUT2D eigenvalue weighted by Crippen LogP contribution is 2.49. The average Bonchev–Trinajstić information content (AvgIpc) is 1.62. The Labute approximate surface area is 752 Å². The van der Waals surface area contributed by atoms with Crippen molar-refractivity contribution in [3.63, 3.8) is 0 Å². The normalized spacial score (nSPS) is 22.8. The molecule has 0 radical (unpaired) electrons. The Morgan fingerprint density at radius 3 is 1.56 bits per heavy atom. The third-order valence-electron chi connectivity index (χ3n) is 27.2. The lowest BCUT2D eigenvalue weighted by atomic mass is 9.84. The second kappa shape index (κ2) is 31.2. The predicted octanol–water partition coefficient (Wildman–Crippen LogP) is 16.8.